The predicted molar refractivity (Wildman–Crippen MR) is 68.7 cm³/mol. The molecule has 1 aromatic carbocycles. The van der Waals surface area contributed by atoms with Crippen LogP contribution in [0.3, 0.4) is 0 Å². The fourth-order valence-electron chi connectivity index (χ4n) is 2.26. The maximum Gasteiger partial charge on any atom is 0.332 e. The molecule has 18 heavy (non-hydrogen) atoms. The molecule has 1 atom stereocenters. The van der Waals surface area contributed by atoms with Crippen LogP contribution in [0, 0.1) is 0 Å². The summed E-state index contributed by atoms with van der Waals surface area (Å²) in [6.07, 6.45) is 0.672. The standard InChI is InChI=1S/C14H17NO3/c1-3-14(13(17)18-4-2)9-12(16)10-7-5-6-8-11(10)15-14/h5-8,15H,3-4,9H2,1-2H3. The Morgan fingerprint density at radius 2 is 2.11 bits per heavy atom. The Balaban J connectivity index is 2.38. The van der Waals surface area contributed by atoms with Crippen LogP contribution < -0.4 is 5.32 Å². The van der Waals surface area contributed by atoms with Crippen molar-refractivity contribution in [2.75, 3.05) is 11.9 Å². The Labute approximate surface area is 106 Å². The number of carbonyl (C=O) groups is 2. The number of ether oxygens (including phenoxy) is 1. The van der Waals surface area contributed by atoms with E-state index in [9.17, 15) is 9.59 Å². The van der Waals surface area contributed by atoms with E-state index >= 15 is 0 Å². The summed E-state index contributed by atoms with van der Waals surface area (Å²) in [5.41, 5.74) is 0.441. The quantitative estimate of drug-likeness (QED) is 0.833. The molecule has 1 aliphatic heterocycles. The highest BCUT2D eigenvalue weighted by molar-refractivity contribution is 6.08. The summed E-state index contributed by atoms with van der Waals surface area (Å²) in [6.45, 7) is 3.96. The number of esters is 1. The van der Waals surface area contributed by atoms with Crippen LogP contribution in [0.1, 0.15) is 37.0 Å². The van der Waals surface area contributed by atoms with Gasteiger partial charge in [-0.05, 0) is 25.5 Å². The molecule has 2 rings (SSSR count). The number of anilines is 1. The zero-order chi connectivity index (χ0) is 13.2. The van der Waals surface area contributed by atoms with Crippen LogP contribution in [-0.4, -0.2) is 23.9 Å². The Morgan fingerprint density at radius 3 is 2.78 bits per heavy atom. The lowest BCUT2D eigenvalue weighted by molar-refractivity contribution is -0.148. The van der Waals surface area contributed by atoms with Crippen LogP contribution in [0.5, 0.6) is 0 Å². The van der Waals surface area contributed by atoms with Gasteiger partial charge in [-0.25, -0.2) is 4.79 Å². The number of hydrogen-bond acceptors (Lipinski definition) is 4. The van der Waals surface area contributed by atoms with Gasteiger partial charge in [-0.15, -0.1) is 0 Å². The minimum Gasteiger partial charge on any atom is -0.464 e. The van der Waals surface area contributed by atoms with E-state index in [2.05, 4.69) is 5.32 Å². The van der Waals surface area contributed by atoms with Crippen molar-refractivity contribution in [1.82, 2.24) is 0 Å². The lowest BCUT2D eigenvalue weighted by Crippen LogP contribution is -2.51. The molecule has 0 saturated carbocycles. The minimum absolute atomic E-state index is 0.0146. The van der Waals surface area contributed by atoms with E-state index in [0.717, 1.165) is 0 Å². The molecule has 1 unspecified atom stereocenters. The molecule has 4 heteroatoms. The Kier molecular flexibility index (Phi) is 3.36. The molecule has 0 spiro atoms. The highest BCUT2D eigenvalue weighted by atomic mass is 16.5. The molecular weight excluding hydrogens is 230 g/mol. The molecule has 0 aliphatic carbocycles. The Bertz CT molecular complexity index is 484. The molecule has 1 heterocycles. The first kappa shape index (κ1) is 12.6. The average molecular weight is 247 g/mol. The van der Waals surface area contributed by atoms with Crippen molar-refractivity contribution in [3.8, 4) is 0 Å². The van der Waals surface area contributed by atoms with Crippen LogP contribution in [0.4, 0.5) is 5.69 Å². The van der Waals surface area contributed by atoms with E-state index in [1.54, 1.807) is 13.0 Å². The van der Waals surface area contributed by atoms with Crippen molar-refractivity contribution in [2.24, 2.45) is 0 Å². The highest BCUT2D eigenvalue weighted by Gasteiger charge is 2.44. The van der Waals surface area contributed by atoms with Gasteiger partial charge in [-0.3, -0.25) is 4.79 Å². The summed E-state index contributed by atoms with van der Waals surface area (Å²) < 4.78 is 5.09. The summed E-state index contributed by atoms with van der Waals surface area (Å²) >= 11 is 0. The van der Waals surface area contributed by atoms with E-state index in [1.165, 1.54) is 0 Å². The third-order valence-corrected chi connectivity index (χ3v) is 3.33. The summed E-state index contributed by atoms with van der Waals surface area (Å²) in [7, 11) is 0. The number of nitrogens with one attached hydrogen (secondary N) is 1. The Morgan fingerprint density at radius 1 is 1.39 bits per heavy atom. The summed E-state index contributed by atoms with van der Waals surface area (Å²) in [5.74, 6) is -0.366. The first-order valence-corrected chi connectivity index (χ1v) is 6.20. The van der Waals surface area contributed by atoms with Crippen LogP contribution in [0.25, 0.3) is 0 Å². The number of benzene rings is 1. The SMILES string of the molecule is CCOC(=O)C1(CC)CC(=O)c2ccccc2N1. The van der Waals surface area contributed by atoms with E-state index in [4.69, 9.17) is 4.74 Å². The smallest absolute Gasteiger partial charge is 0.332 e. The van der Waals surface area contributed by atoms with Crippen molar-refractivity contribution in [3.63, 3.8) is 0 Å². The van der Waals surface area contributed by atoms with Gasteiger partial charge in [0.15, 0.2) is 5.78 Å². The topological polar surface area (TPSA) is 55.4 Å². The lowest BCUT2D eigenvalue weighted by Gasteiger charge is -2.36. The van der Waals surface area contributed by atoms with Crippen molar-refractivity contribution in [2.45, 2.75) is 32.2 Å². The highest BCUT2D eigenvalue weighted by Crippen LogP contribution is 2.33. The maximum absolute atomic E-state index is 12.1. The number of ketones is 1. The summed E-state index contributed by atoms with van der Waals surface area (Å²) in [5, 5.41) is 3.18. The molecule has 0 fully saturated rings. The van der Waals surface area contributed by atoms with Crippen molar-refractivity contribution < 1.29 is 14.3 Å². The molecule has 0 bridgehead atoms. The lowest BCUT2D eigenvalue weighted by atomic mass is 9.83. The second-order valence-electron chi connectivity index (χ2n) is 4.43. The number of hydrogen-bond donors (Lipinski definition) is 1. The van der Waals surface area contributed by atoms with Crippen LogP contribution in [-0.2, 0) is 9.53 Å². The normalized spacial score (nSPS) is 22.0. The molecule has 0 radical (unpaired) electrons. The fourth-order valence-corrected chi connectivity index (χ4v) is 2.26. The molecule has 0 saturated heterocycles. The monoisotopic (exact) mass is 247 g/mol. The van der Waals surface area contributed by atoms with Gasteiger partial charge in [-0.1, -0.05) is 19.1 Å². The second-order valence-corrected chi connectivity index (χ2v) is 4.43. The first-order chi connectivity index (χ1) is 8.63. The maximum atomic E-state index is 12.1. The number of rotatable bonds is 3. The molecule has 96 valence electrons. The van der Waals surface area contributed by atoms with E-state index < -0.39 is 5.54 Å². The van der Waals surface area contributed by atoms with Crippen molar-refractivity contribution >= 4 is 17.4 Å². The summed E-state index contributed by atoms with van der Waals surface area (Å²) in [4.78, 5) is 24.2. The molecular formula is C14H17NO3. The van der Waals surface area contributed by atoms with Crippen molar-refractivity contribution in [1.29, 1.82) is 0 Å². The summed E-state index contributed by atoms with van der Waals surface area (Å²) in [6, 6.07) is 7.25. The third kappa shape index (κ3) is 1.98. The number of para-hydroxylation sites is 1. The van der Waals surface area contributed by atoms with Crippen molar-refractivity contribution in [3.05, 3.63) is 29.8 Å². The van der Waals surface area contributed by atoms with Gasteiger partial charge in [0, 0.05) is 17.7 Å². The zero-order valence-electron chi connectivity index (χ0n) is 10.7. The van der Waals surface area contributed by atoms with Crippen LogP contribution in [0.2, 0.25) is 0 Å². The molecule has 0 aromatic heterocycles. The van der Waals surface area contributed by atoms with Gasteiger partial charge in [0.25, 0.3) is 0 Å². The van der Waals surface area contributed by atoms with Gasteiger partial charge in [-0.2, -0.15) is 0 Å². The minimum atomic E-state index is -0.915. The number of carbonyl (C=O) groups excluding carboxylic acids is 2. The molecule has 1 N–H and O–H groups in total. The van der Waals surface area contributed by atoms with Gasteiger partial charge in [0.2, 0.25) is 0 Å². The predicted octanol–water partition coefficient (Wildman–Crippen LogP) is 2.40. The van der Waals surface area contributed by atoms with Gasteiger partial charge in [0.1, 0.15) is 5.54 Å². The van der Waals surface area contributed by atoms with Crippen LogP contribution >= 0.6 is 0 Å². The number of fused-ring (bicyclic) bond motifs is 1. The van der Waals surface area contributed by atoms with Gasteiger partial charge >= 0.3 is 5.97 Å². The van der Waals surface area contributed by atoms with E-state index in [-0.39, 0.29) is 18.2 Å². The first-order valence-electron chi connectivity index (χ1n) is 6.20. The number of Topliss-reactive ketones (excluding diaryl/α,β-unsaturated/α-hetero) is 1. The second kappa shape index (κ2) is 4.80. The Hall–Kier alpha value is -1.84. The van der Waals surface area contributed by atoms with Crippen LogP contribution in [0.15, 0.2) is 24.3 Å². The molecule has 4 nitrogen and oxygen atoms in total. The average Bonchev–Trinajstić information content (AvgIpc) is 2.39. The van der Waals surface area contributed by atoms with Gasteiger partial charge in [0.05, 0.1) is 6.61 Å². The van der Waals surface area contributed by atoms with E-state index in [1.807, 2.05) is 25.1 Å². The third-order valence-electron chi connectivity index (χ3n) is 3.33. The molecule has 0 amide bonds. The van der Waals surface area contributed by atoms with E-state index in [0.29, 0.717) is 24.3 Å². The fraction of sp³-hybridized carbons (Fsp3) is 0.429. The molecule has 1 aliphatic rings. The molecule has 1 aromatic rings. The largest absolute Gasteiger partial charge is 0.464 e. The zero-order valence-corrected chi connectivity index (χ0v) is 10.7. The van der Waals surface area contributed by atoms with Gasteiger partial charge < -0.3 is 10.1 Å².